The van der Waals surface area contributed by atoms with E-state index in [0.717, 1.165) is 12.2 Å². The summed E-state index contributed by atoms with van der Waals surface area (Å²) < 4.78 is 6.85. The van der Waals surface area contributed by atoms with Gasteiger partial charge >= 0.3 is 0 Å². The van der Waals surface area contributed by atoms with Gasteiger partial charge in [-0.05, 0) is 5.92 Å². The van der Waals surface area contributed by atoms with Crippen LogP contribution in [0.1, 0.15) is 32.4 Å². The van der Waals surface area contributed by atoms with E-state index in [1.165, 1.54) is 4.68 Å². The number of hydrogen-bond donors (Lipinski definition) is 1. The van der Waals surface area contributed by atoms with Crippen LogP contribution in [0.15, 0.2) is 21.6 Å². The van der Waals surface area contributed by atoms with Gasteiger partial charge in [0.1, 0.15) is 10.8 Å². The smallest absolute Gasteiger partial charge is 0.287 e. The molecule has 0 radical (unpaired) electrons. The van der Waals surface area contributed by atoms with Gasteiger partial charge in [0.2, 0.25) is 5.89 Å². The lowest BCUT2D eigenvalue weighted by Gasteiger charge is -2.10. The van der Waals surface area contributed by atoms with E-state index in [1.807, 2.05) is 20.8 Å². The van der Waals surface area contributed by atoms with Crippen molar-refractivity contribution in [2.45, 2.75) is 40.3 Å². The highest BCUT2D eigenvalue weighted by atomic mass is 35.5. The van der Waals surface area contributed by atoms with Gasteiger partial charge in [-0.1, -0.05) is 32.4 Å². The molecule has 0 aromatic carbocycles. The second-order valence-electron chi connectivity index (χ2n) is 5.18. The Morgan fingerprint density at radius 1 is 1.43 bits per heavy atom. The monoisotopic (exact) mass is 310 g/mol. The second-order valence-corrected chi connectivity index (χ2v) is 5.56. The molecule has 0 bridgehead atoms. The summed E-state index contributed by atoms with van der Waals surface area (Å²) in [5, 5.41) is 7.28. The average molecular weight is 311 g/mol. The molecule has 0 saturated heterocycles. The van der Waals surface area contributed by atoms with E-state index in [1.54, 1.807) is 12.4 Å². The van der Waals surface area contributed by atoms with Crippen LogP contribution in [0.25, 0.3) is 0 Å². The minimum absolute atomic E-state index is 0.132. The van der Waals surface area contributed by atoms with Crippen LogP contribution in [0, 0.1) is 5.92 Å². The van der Waals surface area contributed by atoms with Crippen molar-refractivity contribution in [1.82, 2.24) is 14.8 Å². The lowest BCUT2D eigenvalue weighted by molar-refractivity contribution is 0.462. The summed E-state index contributed by atoms with van der Waals surface area (Å²) in [6, 6.07) is 0. The Kier molecular flexibility index (Phi) is 5.01. The molecule has 2 heterocycles. The molecule has 0 fully saturated rings. The van der Waals surface area contributed by atoms with Crippen LogP contribution in [0.2, 0.25) is 5.02 Å². The third-order valence-electron chi connectivity index (χ3n) is 2.90. The fraction of sp³-hybridized carbons (Fsp3) is 0.500. The SMILES string of the molecule is CCc1cnc(CNc2cnn(CC(C)C)c(=O)c2Cl)o1. The summed E-state index contributed by atoms with van der Waals surface area (Å²) >= 11 is 6.09. The van der Waals surface area contributed by atoms with Crippen LogP contribution in [-0.4, -0.2) is 14.8 Å². The predicted molar refractivity (Wildman–Crippen MR) is 81.6 cm³/mol. The minimum atomic E-state index is -0.294. The van der Waals surface area contributed by atoms with Crippen molar-refractivity contribution in [1.29, 1.82) is 0 Å². The van der Waals surface area contributed by atoms with E-state index in [9.17, 15) is 4.79 Å². The fourth-order valence-electron chi connectivity index (χ4n) is 1.83. The summed E-state index contributed by atoms with van der Waals surface area (Å²) in [7, 11) is 0. The maximum atomic E-state index is 12.1. The maximum Gasteiger partial charge on any atom is 0.287 e. The molecule has 2 aromatic rings. The van der Waals surface area contributed by atoms with Crippen molar-refractivity contribution < 1.29 is 4.42 Å². The second kappa shape index (κ2) is 6.76. The summed E-state index contributed by atoms with van der Waals surface area (Å²) in [5.41, 5.74) is 0.190. The fourth-order valence-corrected chi connectivity index (χ4v) is 2.04. The molecular weight excluding hydrogens is 292 g/mol. The number of rotatable bonds is 6. The molecule has 0 amide bonds. The first-order valence-electron chi connectivity index (χ1n) is 6.94. The summed E-state index contributed by atoms with van der Waals surface area (Å²) in [4.78, 5) is 16.2. The first-order valence-corrected chi connectivity index (χ1v) is 7.32. The van der Waals surface area contributed by atoms with E-state index >= 15 is 0 Å². The zero-order valence-corrected chi connectivity index (χ0v) is 13.1. The van der Waals surface area contributed by atoms with Gasteiger partial charge in [0.15, 0.2) is 0 Å². The molecule has 7 heteroatoms. The first-order chi connectivity index (χ1) is 10.0. The molecule has 2 aromatic heterocycles. The van der Waals surface area contributed by atoms with Gasteiger partial charge in [0, 0.05) is 13.0 Å². The molecule has 0 aliphatic rings. The molecule has 0 spiro atoms. The molecule has 114 valence electrons. The summed E-state index contributed by atoms with van der Waals surface area (Å²) in [5.74, 6) is 1.70. The van der Waals surface area contributed by atoms with E-state index in [0.29, 0.717) is 30.6 Å². The Morgan fingerprint density at radius 2 is 2.19 bits per heavy atom. The van der Waals surface area contributed by atoms with Crippen molar-refractivity contribution in [3.05, 3.63) is 39.4 Å². The Morgan fingerprint density at radius 3 is 2.81 bits per heavy atom. The lowest BCUT2D eigenvalue weighted by atomic mass is 10.2. The molecule has 0 atom stereocenters. The van der Waals surface area contributed by atoms with Gasteiger partial charge in [-0.25, -0.2) is 9.67 Å². The largest absolute Gasteiger partial charge is 0.444 e. The normalized spacial score (nSPS) is 11.1. The Balaban J connectivity index is 2.10. The topological polar surface area (TPSA) is 73.0 Å². The van der Waals surface area contributed by atoms with E-state index in [-0.39, 0.29) is 10.6 Å². The van der Waals surface area contributed by atoms with Gasteiger partial charge in [0.05, 0.1) is 24.6 Å². The van der Waals surface area contributed by atoms with E-state index < -0.39 is 0 Å². The molecular formula is C14H19ClN4O2. The summed E-state index contributed by atoms with van der Waals surface area (Å²) in [6.07, 6.45) is 4.04. The average Bonchev–Trinajstić information content (AvgIpc) is 2.91. The molecule has 2 rings (SSSR count). The number of oxazole rings is 1. The molecule has 0 aliphatic heterocycles. The third kappa shape index (κ3) is 3.85. The van der Waals surface area contributed by atoms with Gasteiger partial charge in [-0.2, -0.15) is 5.10 Å². The number of aromatic nitrogens is 3. The Labute approximate surface area is 128 Å². The lowest BCUT2D eigenvalue weighted by Crippen LogP contribution is -2.26. The predicted octanol–water partition coefficient (Wildman–Crippen LogP) is 2.72. The van der Waals surface area contributed by atoms with Crippen molar-refractivity contribution in [2.75, 3.05) is 5.32 Å². The number of hydrogen-bond acceptors (Lipinski definition) is 5. The maximum absolute atomic E-state index is 12.1. The number of anilines is 1. The van der Waals surface area contributed by atoms with Crippen LogP contribution >= 0.6 is 11.6 Å². The zero-order chi connectivity index (χ0) is 15.4. The van der Waals surface area contributed by atoms with Gasteiger partial charge in [0.25, 0.3) is 5.56 Å². The Hall–Kier alpha value is -1.82. The third-order valence-corrected chi connectivity index (χ3v) is 3.27. The highest BCUT2D eigenvalue weighted by Gasteiger charge is 2.11. The minimum Gasteiger partial charge on any atom is -0.444 e. The van der Waals surface area contributed by atoms with Crippen molar-refractivity contribution >= 4 is 17.3 Å². The van der Waals surface area contributed by atoms with Crippen LogP contribution in [0.4, 0.5) is 5.69 Å². The van der Waals surface area contributed by atoms with Gasteiger partial charge < -0.3 is 9.73 Å². The molecule has 21 heavy (non-hydrogen) atoms. The highest BCUT2D eigenvalue weighted by Crippen LogP contribution is 2.17. The van der Waals surface area contributed by atoms with E-state index in [2.05, 4.69) is 15.4 Å². The first kappa shape index (κ1) is 15.6. The molecule has 0 saturated carbocycles. The number of nitrogens with zero attached hydrogens (tertiary/aromatic N) is 3. The molecule has 1 N–H and O–H groups in total. The van der Waals surface area contributed by atoms with Crippen LogP contribution < -0.4 is 10.9 Å². The van der Waals surface area contributed by atoms with Crippen molar-refractivity contribution in [3.8, 4) is 0 Å². The van der Waals surface area contributed by atoms with Crippen LogP contribution in [0.3, 0.4) is 0 Å². The van der Waals surface area contributed by atoms with Crippen LogP contribution in [0.5, 0.6) is 0 Å². The summed E-state index contributed by atoms with van der Waals surface area (Å²) in [6.45, 7) is 6.92. The highest BCUT2D eigenvalue weighted by molar-refractivity contribution is 6.32. The Bertz CT molecular complexity index is 663. The molecule has 0 aliphatic carbocycles. The van der Waals surface area contributed by atoms with Crippen LogP contribution in [-0.2, 0) is 19.5 Å². The zero-order valence-electron chi connectivity index (χ0n) is 12.4. The number of halogens is 1. The molecule has 6 nitrogen and oxygen atoms in total. The quantitative estimate of drug-likeness (QED) is 0.888. The number of nitrogens with one attached hydrogen (secondary N) is 1. The molecule has 0 unspecified atom stereocenters. The van der Waals surface area contributed by atoms with Crippen molar-refractivity contribution in [3.63, 3.8) is 0 Å². The van der Waals surface area contributed by atoms with E-state index in [4.69, 9.17) is 16.0 Å². The van der Waals surface area contributed by atoms with Crippen molar-refractivity contribution in [2.24, 2.45) is 5.92 Å². The standard InChI is InChI=1S/C14H19ClN4O2/c1-4-10-5-17-12(21-10)7-16-11-6-18-19(8-9(2)3)14(20)13(11)15/h5-6,9,16H,4,7-8H2,1-3H3. The van der Waals surface area contributed by atoms with Gasteiger partial charge in [-0.15, -0.1) is 0 Å². The van der Waals surface area contributed by atoms with Gasteiger partial charge in [-0.3, -0.25) is 4.79 Å². The number of aryl methyl sites for hydroxylation is 1.